The van der Waals surface area contributed by atoms with Crippen molar-refractivity contribution in [2.45, 2.75) is 18.9 Å². The Morgan fingerprint density at radius 1 is 1.22 bits per heavy atom. The maximum Gasteiger partial charge on any atom is 0.255 e. The molecule has 0 aromatic heterocycles. The minimum Gasteiger partial charge on any atom is -0.352 e. The zero-order valence-corrected chi connectivity index (χ0v) is 13.5. The molecule has 124 valence electrons. The molecule has 0 spiro atoms. The number of nitrogens with one attached hydrogen (secondary N) is 1. The number of rotatable bonds is 4. The van der Waals surface area contributed by atoms with Crippen LogP contribution in [-0.4, -0.2) is 60.4 Å². The van der Waals surface area contributed by atoms with Crippen LogP contribution in [0.2, 0.25) is 5.02 Å². The third-order valence-corrected chi connectivity index (χ3v) is 4.44. The van der Waals surface area contributed by atoms with Crippen molar-refractivity contribution in [3.05, 3.63) is 34.6 Å². The highest BCUT2D eigenvalue weighted by Gasteiger charge is 2.27. The monoisotopic (exact) mass is 339 g/mol. The summed E-state index contributed by atoms with van der Waals surface area (Å²) in [7, 11) is 0. The molecule has 2 amide bonds. The fraction of sp³-hybridized carbons (Fsp3) is 0.500. The van der Waals surface area contributed by atoms with E-state index in [9.17, 15) is 14.0 Å². The molecule has 1 saturated heterocycles. The highest BCUT2D eigenvalue weighted by Crippen LogP contribution is 2.20. The van der Waals surface area contributed by atoms with Crippen LogP contribution in [0.5, 0.6) is 0 Å². The lowest BCUT2D eigenvalue weighted by Crippen LogP contribution is -2.51. The van der Waals surface area contributed by atoms with Gasteiger partial charge in [0, 0.05) is 32.2 Å². The molecule has 2 aliphatic rings. The van der Waals surface area contributed by atoms with Crippen molar-refractivity contribution in [1.29, 1.82) is 0 Å². The first-order valence-corrected chi connectivity index (χ1v) is 8.17. The lowest BCUT2D eigenvalue weighted by atomic mass is 10.1. The molecular weight excluding hydrogens is 321 g/mol. The molecule has 1 heterocycles. The number of piperazine rings is 1. The molecule has 3 rings (SSSR count). The molecule has 0 atom stereocenters. The molecule has 23 heavy (non-hydrogen) atoms. The summed E-state index contributed by atoms with van der Waals surface area (Å²) in [5.74, 6) is -0.607. The van der Waals surface area contributed by atoms with Crippen molar-refractivity contribution in [3.8, 4) is 0 Å². The van der Waals surface area contributed by atoms with Gasteiger partial charge in [-0.3, -0.25) is 14.5 Å². The van der Waals surface area contributed by atoms with Crippen LogP contribution >= 0.6 is 11.6 Å². The van der Waals surface area contributed by atoms with Gasteiger partial charge in [0.15, 0.2) is 0 Å². The van der Waals surface area contributed by atoms with Crippen molar-refractivity contribution in [1.82, 2.24) is 15.1 Å². The Bertz CT molecular complexity index is 613. The van der Waals surface area contributed by atoms with Crippen LogP contribution in [-0.2, 0) is 4.79 Å². The van der Waals surface area contributed by atoms with Crippen LogP contribution in [0, 0.1) is 5.82 Å². The van der Waals surface area contributed by atoms with E-state index in [0.29, 0.717) is 44.3 Å². The number of hydrogen-bond acceptors (Lipinski definition) is 3. The highest BCUT2D eigenvalue weighted by molar-refractivity contribution is 6.33. The van der Waals surface area contributed by atoms with Gasteiger partial charge in [-0.05, 0) is 31.0 Å². The minimum absolute atomic E-state index is 0.0499. The largest absolute Gasteiger partial charge is 0.352 e. The van der Waals surface area contributed by atoms with Gasteiger partial charge in [-0.25, -0.2) is 4.39 Å². The van der Waals surface area contributed by atoms with Crippen LogP contribution in [0.1, 0.15) is 23.2 Å². The molecule has 0 bridgehead atoms. The Hall–Kier alpha value is -1.66. The van der Waals surface area contributed by atoms with Gasteiger partial charge < -0.3 is 10.2 Å². The molecule has 1 saturated carbocycles. The van der Waals surface area contributed by atoms with Crippen LogP contribution in [0.15, 0.2) is 18.2 Å². The van der Waals surface area contributed by atoms with E-state index in [4.69, 9.17) is 11.6 Å². The van der Waals surface area contributed by atoms with E-state index in [1.165, 1.54) is 12.1 Å². The van der Waals surface area contributed by atoms with Gasteiger partial charge in [-0.15, -0.1) is 0 Å². The predicted molar refractivity (Wildman–Crippen MR) is 84.9 cm³/mol. The predicted octanol–water partition coefficient (Wildman–Crippen LogP) is 1.52. The normalized spacial score (nSPS) is 18.8. The van der Waals surface area contributed by atoms with Gasteiger partial charge in [0.05, 0.1) is 17.1 Å². The van der Waals surface area contributed by atoms with E-state index >= 15 is 0 Å². The zero-order chi connectivity index (χ0) is 16.4. The van der Waals surface area contributed by atoms with E-state index in [1.807, 2.05) is 4.90 Å². The Kier molecular flexibility index (Phi) is 4.82. The fourth-order valence-corrected chi connectivity index (χ4v) is 2.89. The van der Waals surface area contributed by atoms with Gasteiger partial charge >= 0.3 is 0 Å². The van der Waals surface area contributed by atoms with Crippen molar-refractivity contribution in [2.24, 2.45) is 0 Å². The summed E-state index contributed by atoms with van der Waals surface area (Å²) in [6.07, 6.45) is 2.15. The Balaban J connectivity index is 1.51. The van der Waals surface area contributed by atoms with Gasteiger partial charge in [0.25, 0.3) is 5.91 Å². The average molecular weight is 340 g/mol. The number of nitrogens with zero attached hydrogens (tertiary/aromatic N) is 2. The second kappa shape index (κ2) is 6.84. The SMILES string of the molecule is O=C(CN1CCN(C(=O)c2ccc(F)cc2Cl)CC1)NC1CC1. The molecular formula is C16H19ClFN3O2. The van der Waals surface area contributed by atoms with E-state index in [1.54, 1.807) is 4.90 Å². The van der Waals surface area contributed by atoms with Crippen molar-refractivity contribution in [2.75, 3.05) is 32.7 Å². The Labute approximate surface area is 139 Å². The summed E-state index contributed by atoms with van der Waals surface area (Å²) in [6.45, 7) is 2.72. The number of carbonyl (C=O) groups excluding carboxylic acids is 2. The van der Waals surface area contributed by atoms with Crippen molar-refractivity contribution < 1.29 is 14.0 Å². The summed E-state index contributed by atoms with van der Waals surface area (Å²) in [5.41, 5.74) is 0.313. The molecule has 1 aromatic rings. The number of amides is 2. The number of hydrogen-bond donors (Lipinski definition) is 1. The lowest BCUT2D eigenvalue weighted by molar-refractivity contribution is -0.122. The first kappa shape index (κ1) is 16.2. The molecule has 1 N–H and O–H groups in total. The molecule has 0 radical (unpaired) electrons. The zero-order valence-electron chi connectivity index (χ0n) is 12.7. The molecule has 1 aromatic carbocycles. The van der Waals surface area contributed by atoms with E-state index in [2.05, 4.69) is 5.32 Å². The quantitative estimate of drug-likeness (QED) is 0.905. The number of halogens is 2. The van der Waals surface area contributed by atoms with Gasteiger partial charge in [0.2, 0.25) is 5.91 Å². The van der Waals surface area contributed by atoms with Gasteiger partial charge in [-0.2, -0.15) is 0 Å². The minimum atomic E-state index is -0.460. The van der Waals surface area contributed by atoms with Crippen LogP contribution in [0.3, 0.4) is 0 Å². The summed E-state index contributed by atoms with van der Waals surface area (Å²) < 4.78 is 13.1. The smallest absolute Gasteiger partial charge is 0.255 e. The average Bonchev–Trinajstić information content (AvgIpc) is 3.31. The second-order valence-electron chi connectivity index (χ2n) is 6.03. The standard InChI is InChI=1S/C16H19ClFN3O2/c17-14-9-11(18)1-4-13(14)16(23)21-7-5-20(6-8-21)10-15(22)19-12-2-3-12/h1,4,9,12H,2-3,5-8,10H2,(H,19,22). The first-order valence-electron chi connectivity index (χ1n) is 7.79. The van der Waals surface area contributed by atoms with Crippen molar-refractivity contribution >= 4 is 23.4 Å². The summed E-state index contributed by atoms with van der Waals surface area (Å²) in [5, 5.41) is 3.09. The first-order chi connectivity index (χ1) is 11.0. The summed E-state index contributed by atoms with van der Waals surface area (Å²) in [4.78, 5) is 27.9. The maximum absolute atomic E-state index is 13.1. The number of benzene rings is 1. The Morgan fingerprint density at radius 2 is 1.91 bits per heavy atom. The molecule has 0 unspecified atom stereocenters. The number of carbonyl (C=O) groups is 2. The van der Waals surface area contributed by atoms with Crippen LogP contribution in [0.25, 0.3) is 0 Å². The molecule has 5 nitrogen and oxygen atoms in total. The van der Waals surface area contributed by atoms with Gasteiger partial charge in [0.1, 0.15) is 5.82 Å². The fourth-order valence-electron chi connectivity index (χ4n) is 2.65. The molecule has 1 aliphatic heterocycles. The third kappa shape index (κ3) is 4.20. The lowest BCUT2D eigenvalue weighted by Gasteiger charge is -2.34. The van der Waals surface area contributed by atoms with Crippen LogP contribution in [0.4, 0.5) is 4.39 Å². The summed E-state index contributed by atoms with van der Waals surface area (Å²) in [6, 6.07) is 4.16. The Morgan fingerprint density at radius 3 is 2.52 bits per heavy atom. The third-order valence-electron chi connectivity index (χ3n) is 4.13. The van der Waals surface area contributed by atoms with E-state index in [-0.39, 0.29) is 16.8 Å². The topological polar surface area (TPSA) is 52.7 Å². The van der Waals surface area contributed by atoms with Crippen LogP contribution < -0.4 is 5.32 Å². The maximum atomic E-state index is 13.1. The summed E-state index contributed by atoms with van der Waals surface area (Å²) >= 11 is 5.94. The molecule has 2 fully saturated rings. The van der Waals surface area contributed by atoms with E-state index in [0.717, 1.165) is 18.9 Å². The van der Waals surface area contributed by atoms with E-state index < -0.39 is 5.82 Å². The van der Waals surface area contributed by atoms with Gasteiger partial charge in [-0.1, -0.05) is 11.6 Å². The van der Waals surface area contributed by atoms with Crippen molar-refractivity contribution in [3.63, 3.8) is 0 Å². The second-order valence-corrected chi connectivity index (χ2v) is 6.44. The molecule has 7 heteroatoms. The highest BCUT2D eigenvalue weighted by atomic mass is 35.5. The molecule has 1 aliphatic carbocycles.